The molecule has 3 atom stereocenters. The van der Waals surface area contributed by atoms with Gasteiger partial charge < -0.3 is 14.7 Å². The Morgan fingerprint density at radius 2 is 1.90 bits per heavy atom. The Balaban J connectivity index is 1.63. The van der Waals surface area contributed by atoms with Gasteiger partial charge in [-0.05, 0) is 38.3 Å². The summed E-state index contributed by atoms with van der Waals surface area (Å²) in [4.78, 5) is 14.8. The molecule has 2 aliphatic rings. The zero-order chi connectivity index (χ0) is 14.8. The van der Waals surface area contributed by atoms with Crippen LogP contribution >= 0.6 is 0 Å². The second-order valence-corrected chi connectivity index (χ2v) is 6.24. The molecule has 2 heterocycles. The Labute approximate surface area is 125 Å². The first-order chi connectivity index (χ1) is 10.2. The minimum atomic E-state index is -0.545. The molecule has 4 nitrogen and oxygen atoms in total. The number of piperidine rings is 1. The molecule has 1 aromatic carbocycles. The summed E-state index contributed by atoms with van der Waals surface area (Å²) < 4.78 is 5.58. The molecule has 0 aromatic heterocycles. The van der Waals surface area contributed by atoms with Crippen molar-refractivity contribution in [2.45, 2.75) is 43.9 Å². The lowest BCUT2D eigenvalue weighted by molar-refractivity contribution is -0.159. The Hall–Kier alpha value is -1.39. The minimum absolute atomic E-state index is 0.0172. The zero-order valence-corrected chi connectivity index (χ0v) is 12.4. The van der Waals surface area contributed by atoms with Crippen molar-refractivity contribution in [2.75, 3.05) is 13.7 Å². The number of fused-ring (bicyclic) bond motifs is 2. The number of carbonyl (C=O) groups excluding carboxylic acids is 1. The van der Waals surface area contributed by atoms with E-state index in [1.165, 1.54) is 12.8 Å². The van der Waals surface area contributed by atoms with Crippen molar-refractivity contribution < 1.29 is 14.6 Å². The highest BCUT2D eigenvalue weighted by Crippen LogP contribution is 2.38. The van der Waals surface area contributed by atoms with E-state index in [0.717, 1.165) is 18.4 Å². The minimum Gasteiger partial charge on any atom is -0.455 e. The van der Waals surface area contributed by atoms with Gasteiger partial charge in [0.1, 0.15) is 6.10 Å². The molecule has 0 spiro atoms. The van der Waals surface area contributed by atoms with Crippen LogP contribution in [0.4, 0.5) is 0 Å². The van der Waals surface area contributed by atoms with Crippen LogP contribution < -0.4 is 0 Å². The average molecular weight is 289 g/mol. The number of hydrogen-bond acceptors (Lipinski definition) is 4. The highest BCUT2D eigenvalue weighted by Gasteiger charge is 2.41. The maximum atomic E-state index is 12.4. The van der Waals surface area contributed by atoms with Crippen LogP contribution in [0.2, 0.25) is 0 Å². The summed E-state index contributed by atoms with van der Waals surface area (Å²) in [7, 11) is 2.16. The molecule has 2 bridgehead atoms. The summed E-state index contributed by atoms with van der Waals surface area (Å²) in [6.45, 7) is -0.171. The number of esters is 1. The molecular formula is C17H23NO3. The van der Waals surface area contributed by atoms with E-state index in [1.54, 1.807) is 0 Å². The molecule has 2 fully saturated rings. The van der Waals surface area contributed by atoms with E-state index in [-0.39, 0.29) is 18.5 Å². The quantitative estimate of drug-likeness (QED) is 0.863. The molecule has 1 N–H and O–H groups in total. The Morgan fingerprint density at radius 3 is 2.48 bits per heavy atom. The molecule has 114 valence electrons. The summed E-state index contributed by atoms with van der Waals surface area (Å²) in [5.41, 5.74) is 0.851. The summed E-state index contributed by atoms with van der Waals surface area (Å²) in [5.74, 6) is -0.167. The van der Waals surface area contributed by atoms with E-state index in [1.807, 2.05) is 30.3 Å². The first-order valence-corrected chi connectivity index (χ1v) is 7.77. The van der Waals surface area contributed by atoms with Gasteiger partial charge in [-0.25, -0.2) is 0 Å². The molecular weight excluding hydrogens is 266 g/mol. The second-order valence-electron chi connectivity index (χ2n) is 6.24. The van der Waals surface area contributed by atoms with Crippen LogP contribution in [-0.4, -0.2) is 41.7 Å². The van der Waals surface area contributed by atoms with Gasteiger partial charge in [-0.3, -0.25) is 4.79 Å². The number of hydrogen-bond donors (Lipinski definition) is 1. The molecule has 0 amide bonds. The maximum absolute atomic E-state index is 12.4. The lowest BCUT2D eigenvalue weighted by Crippen LogP contribution is -2.42. The van der Waals surface area contributed by atoms with Gasteiger partial charge in [0, 0.05) is 12.1 Å². The van der Waals surface area contributed by atoms with E-state index in [2.05, 4.69) is 11.9 Å². The molecule has 3 unspecified atom stereocenters. The third-order valence-corrected chi connectivity index (χ3v) is 5.03. The number of carbonyl (C=O) groups is 1. The van der Waals surface area contributed by atoms with Crippen LogP contribution in [0.5, 0.6) is 0 Å². The number of aliphatic hydroxyl groups excluding tert-OH is 1. The third-order valence-electron chi connectivity index (χ3n) is 5.03. The average Bonchev–Trinajstić information content (AvgIpc) is 2.75. The summed E-state index contributed by atoms with van der Waals surface area (Å²) in [6.07, 6.45) is 3.61. The van der Waals surface area contributed by atoms with Crippen molar-refractivity contribution in [3.63, 3.8) is 0 Å². The smallest absolute Gasteiger partial charge is 0.309 e. The van der Waals surface area contributed by atoms with Crippen LogP contribution in [0.25, 0.3) is 0 Å². The Kier molecular flexibility index (Phi) is 4.27. The fraction of sp³-hybridized carbons (Fsp3) is 0.588. The zero-order valence-electron chi connectivity index (χ0n) is 12.4. The first kappa shape index (κ1) is 14.5. The van der Waals surface area contributed by atoms with Crippen LogP contribution in [0.15, 0.2) is 30.3 Å². The SMILES string of the molecule is CN1C2CCC1CC(C(=O)OC(CO)c1ccccc1)C2. The monoisotopic (exact) mass is 289 g/mol. The third kappa shape index (κ3) is 2.97. The van der Waals surface area contributed by atoms with Gasteiger partial charge in [0.2, 0.25) is 0 Å². The fourth-order valence-corrected chi connectivity index (χ4v) is 3.72. The molecule has 4 heteroatoms. The standard InChI is InChI=1S/C17H23NO3/c1-18-14-7-8-15(18)10-13(9-14)17(20)21-16(11-19)12-5-3-2-4-6-12/h2-6,13-16,19H,7-11H2,1H3. The lowest BCUT2D eigenvalue weighted by atomic mass is 9.91. The number of rotatable bonds is 4. The summed E-state index contributed by atoms with van der Waals surface area (Å²) in [6, 6.07) is 10.5. The van der Waals surface area contributed by atoms with Crippen molar-refractivity contribution in [3.8, 4) is 0 Å². The molecule has 21 heavy (non-hydrogen) atoms. The summed E-state index contributed by atoms with van der Waals surface area (Å²) >= 11 is 0. The van der Waals surface area contributed by atoms with Crippen LogP contribution in [0, 0.1) is 5.92 Å². The number of ether oxygens (including phenoxy) is 1. The van der Waals surface area contributed by atoms with E-state index in [4.69, 9.17) is 4.74 Å². The van der Waals surface area contributed by atoms with Crippen molar-refractivity contribution >= 4 is 5.97 Å². The van der Waals surface area contributed by atoms with E-state index >= 15 is 0 Å². The van der Waals surface area contributed by atoms with Gasteiger partial charge in [0.05, 0.1) is 12.5 Å². The highest BCUT2D eigenvalue weighted by molar-refractivity contribution is 5.73. The van der Waals surface area contributed by atoms with Crippen LogP contribution in [-0.2, 0) is 9.53 Å². The molecule has 0 saturated carbocycles. The maximum Gasteiger partial charge on any atom is 0.309 e. The highest BCUT2D eigenvalue weighted by atomic mass is 16.6. The predicted molar refractivity (Wildman–Crippen MR) is 79.7 cm³/mol. The predicted octanol–water partition coefficient (Wildman–Crippen LogP) is 2.14. The Bertz CT molecular complexity index is 476. The second kappa shape index (κ2) is 6.16. The van der Waals surface area contributed by atoms with E-state index < -0.39 is 6.10 Å². The fourth-order valence-electron chi connectivity index (χ4n) is 3.72. The van der Waals surface area contributed by atoms with Gasteiger partial charge in [-0.2, -0.15) is 0 Å². The number of nitrogens with zero attached hydrogens (tertiary/aromatic N) is 1. The molecule has 0 aliphatic carbocycles. The topological polar surface area (TPSA) is 49.8 Å². The normalized spacial score (nSPS) is 30.1. The molecule has 0 radical (unpaired) electrons. The lowest BCUT2D eigenvalue weighted by Gasteiger charge is -2.35. The Morgan fingerprint density at radius 1 is 1.29 bits per heavy atom. The van der Waals surface area contributed by atoms with Crippen LogP contribution in [0.3, 0.4) is 0 Å². The number of aliphatic hydroxyl groups is 1. The van der Waals surface area contributed by atoms with Crippen LogP contribution in [0.1, 0.15) is 37.4 Å². The molecule has 3 rings (SSSR count). The summed E-state index contributed by atoms with van der Waals surface area (Å²) in [5, 5.41) is 9.50. The van der Waals surface area contributed by atoms with Crippen molar-refractivity contribution in [2.24, 2.45) is 5.92 Å². The van der Waals surface area contributed by atoms with Gasteiger partial charge in [0.25, 0.3) is 0 Å². The van der Waals surface area contributed by atoms with E-state index in [0.29, 0.717) is 12.1 Å². The van der Waals surface area contributed by atoms with Gasteiger partial charge >= 0.3 is 5.97 Å². The van der Waals surface area contributed by atoms with Gasteiger partial charge in [0.15, 0.2) is 0 Å². The molecule has 2 aliphatic heterocycles. The van der Waals surface area contributed by atoms with Crippen molar-refractivity contribution in [3.05, 3.63) is 35.9 Å². The van der Waals surface area contributed by atoms with E-state index in [9.17, 15) is 9.90 Å². The molecule has 1 aromatic rings. The van der Waals surface area contributed by atoms with Gasteiger partial charge in [-0.15, -0.1) is 0 Å². The van der Waals surface area contributed by atoms with Crippen molar-refractivity contribution in [1.29, 1.82) is 0 Å². The van der Waals surface area contributed by atoms with Crippen molar-refractivity contribution in [1.82, 2.24) is 4.90 Å². The number of benzene rings is 1. The molecule has 2 saturated heterocycles. The first-order valence-electron chi connectivity index (χ1n) is 7.77. The van der Waals surface area contributed by atoms with Gasteiger partial charge in [-0.1, -0.05) is 30.3 Å². The largest absolute Gasteiger partial charge is 0.455 e.